The lowest BCUT2D eigenvalue weighted by atomic mass is 10.1. The van der Waals surface area contributed by atoms with Gasteiger partial charge in [0, 0.05) is 6.42 Å². The highest BCUT2D eigenvalue weighted by atomic mass is 16.6. The fourth-order valence-corrected chi connectivity index (χ4v) is 1.46. The second-order valence-electron chi connectivity index (χ2n) is 3.24. The Morgan fingerprint density at radius 3 is 2.64 bits per heavy atom. The standard InChI is InChI=1S/C11H11NO2/c1-8-10(12-11(13)14-8)7-9-5-3-2-4-6-9/h2-6,10H,1,7H2,(H,12,13). The third-order valence-corrected chi connectivity index (χ3v) is 2.19. The van der Waals surface area contributed by atoms with Gasteiger partial charge >= 0.3 is 6.09 Å². The lowest BCUT2D eigenvalue weighted by Gasteiger charge is -2.07. The summed E-state index contributed by atoms with van der Waals surface area (Å²) in [5.74, 6) is 0.499. The van der Waals surface area contributed by atoms with Crippen molar-refractivity contribution >= 4 is 6.09 Å². The first-order valence-electron chi connectivity index (χ1n) is 4.47. The summed E-state index contributed by atoms with van der Waals surface area (Å²) in [5.41, 5.74) is 1.16. The third kappa shape index (κ3) is 1.76. The molecule has 1 N–H and O–H groups in total. The van der Waals surface area contributed by atoms with Crippen LogP contribution in [0.25, 0.3) is 0 Å². The van der Waals surface area contributed by atoms with E-state index in [0.29, 0.717) is 5.76 Å². The second kappa shape index (κ2) is 3.54. The van der Waals surface area contributed by atoms with Gasteiger partial charge in [0.05, 0.1) is 6.04 Å². The Morgan fingerprint density at radius 1 is 1.36 bits per heavy atom. The molecule has 2 rings (SSSR count). The number of alkyl carbamates (subject to hydrolysis) is 1. The third-order valence-electron chi connectivity index (χ3n) is 2.19. The molecule has 1 aliphatic heterocycles. The SMILES string of the molecule is C=C1OC(=O)NC1Cc1ccccc1. The molecule has 1 fully saturated rings. The van der Waals surface area contributed by atoms with Crippen molar-refractivity contribution in [3.05, 3.63) is 48.2 Å². The molecule has 14 heavy (non-hydrogen) atoms. The van der Waals surface area contributed by atoms with Gasteiger partial charge < -0.3 is 10.1 Å². The highest BCUT2D eigenvalue weighted by Crippen LogP contribution is 2.15. The van der Waals surface area contributed by atoms with Gasteiger partial charge in [-0.1, -0.05) is 36.9 Å². The zero-order chi connectivity index (χ0) is 9.97. The molecule has 1 amide bonds. The Balaban J connectivity index is 2.05. The fraction of sp³-hybridized carbons (Fsp3) is 0.182. The predicted octanol–water partition coefficient (Wildman–Crippen LogP) is 1.85. The number of rotatable bonds is 2. The molecule has 0 saturated carbocycles. The van der Waals surface area contributed by atoms with Crippen LogP contribution in [0.5, 0.6) is 0 Å². The number of benzene rings is 1. The van der Waals surface area contributed by atoms with Crippen molar-refractivity contribution in [3.63, 3.8) is 0 Å². The zero-order valence-corrected chi connectivity index (χ0v) is 7.69. The molecule has 1 aromatic carbocycles. The first-order valence-corrected chi connectivity index (χ1v) is 4.47. The minimum atomic E-state index is -0.407. The van der Waals surface area contributed by atoms with Gasteiger partial charge in [0.25, 0.3) is 0 Å². The van der Waals surface area contributed by atoms with Crippen LogP contribution in [0.1, 0.15) is 5.56 Å². The molecule has 1 heterocycles. The summed E-state index contributed by atoms with van der Waals surface area (Å²) in [6.45, 7) is 3.68. The normalized spacial score (nSPS) is 20.4. The number of carbonyl (C=O) groups excluding carboxylic acids is 1. The summed E-state index contributed by atoms with van der Waals surface area (Å²) in [7, 11) is 0. The molecule has 0 aromatic heterocycles. The molecule has 1 aliphatic rings. The number of ether oxygens (including phenoxy) is 1. The average molecular weight is 189 g/mol. The van der Waals surface area contributed by atoms with Gasteiger partial charge in [-0.15, -0.1) is 0 Å². The van der Waals surface area contributed by atoms with Crippen LogP contribution in [0.15, 0.2) is 42.7 Å². The Labute approximate surface area is 82.4 Å². The number of hydrogen-bond donors (Lipinski definition) is 1. The van der Waals surface area contributed by atoms with Gasteiger partial charge in [0.1, 0.15) is 5.76 Å². The number of carbonyl (C=O) groups is 1. The van der Waals surface area contributed by atoms with Gasteiger partial charge in [-0.05, 0) is 5.56 Å². The molecule has 0 spiro atoms. The largest absolute Gasteiger partial charge is 0.413 e. The van der Waals surface area contributed by atoms with Crippen LogP contribution < -0.4 is 5.32 Å². The number of amides is 1. The van der Waals surface area contributed by atoms with Crippen molar-refractivity contribution in [2.75, 3.05) is 0 Å². The Morgan fingerprint density at radius 2 is 2.07 bits per heavy atom. The fourth-order valence-electron chi connectivity index (χ4n) is 1.46. The molecule has 0 bridgehead atoms. The molecule has 3 heteroatoms. The van der Waals surface area contributed by atoms with Crippen molar-refractivity contribution in [1.82, 2.24) is 5.32 Å². The summed E-state index contributed by atoms with van der Waals surface area (Å²) in [5, 5.41) is 2.69. The van der Waals surface area contributed by atoms with Crippen LogP contribution in [-0.2, 0) is 11.2 Å². The first-order chi connectivity index (χ1) is 6.75. The van der Waals surface area contributed by atoms with E-state index in [1.807, 2.05) is 30.3 Å². The monoisotopic (exact) mass is 189 g/mol. The van der Waals surface area contributed by atoms with E-state index >= 15 is 0 Å². The van der Waals surface area contributed by atoms with E-state index in [2.05, 4.69) is 11.9 Å². The summed E-state index contributed by atoms with van der Waals surface area (Å²) >= 11 is 0. The molecule has 1 unspecified atom stereocenters. The topological polar surface area (TPSA) is 38.3 Å². The van der Waals surface area contributed by atoms with Crippen LogP contribution in [-0.4, -0.2) is 12.1 Å². The van der Waals surface area contributed by atoms with Gasteiger partial charge in [0.2, 0.25) is 0 Å². The van der Waals surface area contributed by atoms with E-state index in [1.54, 1.807) is 0 Å². The van der Waals surface area contributed by atoms with Crippen LogP contribution in [0.2, 0.25) is 0 Å². The molecule has 3 nitrogen and oxygen atoms in total. The molecular formula is C11H11NO2. The highest BCUT2D eigenvalue weighted by Gasteiger charge is 2.26. The molecule has 1 atom stereocenters. The van der Waals surface area contributed by atoms with Crippen LogP contribution in [0.3, 0.4) is 0 Å². The van der Waals surface area contributed by atoms with Gasteiger partial charge in [-0.2, -0.15) is 0 Å². The first kappa shape index (κ1) is 8.81. The van der Waals surface area contributed by atoms with Crippen molar-refractivity contribution < 1.29 is 9.53 Å². The van der Waals surface area contributed by atoms with Gasteiger partial charge in [-0.25, -0.2) is 4.79 Å². The second-order valence-corrected chi connectivity index (χ2v) is 3.24. The molecule has 1 saturated heterocycles. The Hall–Kier alpha value is -1.77. The van der Waals surface area contributed by atoms with Crippen molar-refractivity contribution in [2.45, 2.75) is 12.5 Å². The van der Waals surface area contributed by atoms with E-state index in [1.165, 1.54) is 0 Å². The van der Waals surface area contributed by atoms with Crippen molar-refractivity contribution in [1.29, 1.82) is 0 Å². The molecular weight excluding hydrogens is 178 g/mol. The van der Waals surface area contributed by atoms with E-state index in [0.717, 1.165) is 12.0 Å². The summed E-state index contributed by atoms with van der Waals surface area (Å²) in [4.78, 5) is 10.9. The quantitative estimate of drug-likeness (QED) is 0.771. The van der Waals surface area contributed by atoms with Crippen molar-refractivity contribution in [3.8, 4) is 0 Å². The minimum Gasteiger partial charge on any atom is -0.413 e. The Kier molecular flexibility index (Phi) is 2.23. The summed E-state index contributed by atoms with van der Waals surface area (Å²) in [6, 6.07) is 9.83. The van der Waals surface area contributed by atoms with Crippen LogP contribution >= 0.6 is 0 Å². The van der Waals surface area contributed by atoms with Crippen LogP contribution in [0.4, 0.5) is 4.79 Å². The number of cyclic esters (lactones) is 1. The van der Waals surface area contributed by atoms with Gasteiger partial charge in [0.15, 0.2) is 0 Å². The molecule has 0 aliphatic carbocycles. The average Bonchev–Trinajstić information content (AvgIpc) is 2.47. The smallest absolute Gasteiger partial charge is 0.412 e. The minimum absolute atomic E-state index is 0.0927. The van der Waals surface area contributed by atoms with E-state index in [9.17, 15) is 4.79 Å². The highest BCUT2D eigenvalue weighted by molar-refractivity contribution is 5.72. The van der Waals surface area contributed by atoms with E-state index in [-0.39, 0.29) is 6.04 Å². The predicted molar refractivity (Wildman–Crippen MR) is 52.7 cm³/mol. The lowest BCUT2D eigenvalue weighted by Crippen LogP contribution is -2.27. The molecule has 1 aromatic rings. The lowest BCUT2D eigenvalue weighted by molar-refractivity contribution is 0.195. The number of nitrogens with one attached hydrogen (secondary N) is 1. The maximum Gasteiger partial charge on any atom is 0.412 e. The maximum atomic E-state index is 10.9. The maximum absolute atomic E-state index is 10.9. The Bertz CT molecular complexity index is 359. The zero-order valence-electron chi connectivity index (χ0n) is 7.69. The number of hydrogen-bond acceptors (Lipinski definition) is 2. The van der Waals surface area contributed by atoms with Crippen LogP contribution in [0, 0.1) is 0 Å². The van der Waals surface area contributed by atoms with Crippen molar-refractivity contribution in [2.24, 2.45) is 0 Å². The molecule has 0 radical (unpaired) electrons. The summed E-state index contributed by atoms with van der Waals surface area (Å²) in [6.07, 6.45) is 0.321. The van der Waals surface area contributed by atoms with Gasteiger partial charge in [-0.3, -0.25) is 0 Å². The molecule has 72 valence electrons. The van der Waals surface area contributed by atoms with E-state index < -0.39 is 6.09 Å². The van der Waals surface area contributed by atoms with E-state index in [4.69, 9.17) is 4.74 Å². The summed E-state index contributed by atoms with van der Waals surface area (Å²) < 4.78 is 4.80.